The van der Waals surface area contributed by atoms with E-state index >= 15 is 0 Å². The number of thiazole rings is 1. The zero-order valence-corrected chi connectivity index (χ0v) is 10.7. The van der Waals surface area contributed by atoms with Crippen molar-refractivity contribution in [1.29, 1.82) is 0 Å². The second-order valence-corrected chi connectivity index (χ2v) is 4.49. The molecule has 0 aliphatic rings. The van der Waals surface area contributed by atoms with Crippen LogP contribution in [-0.4, -0.2) is 27.6 Å². The van der Waals surface area contributed by atoms with Gasteiger partial charge < -0.3 is 20.0 Å². The zero-order valence-electron chi connectivity index (χ0n) is 9.89. The Hall–Kier alpha value is -2.09. The minimum Gasteiger partial charge on any atom is -0.464 e. The van der Waals surface area contributed by atoms with Crippen LogP contribution in [0.4, 0.5) is 5.82 Å². The molecule has 2 aromatic rings. The van der Waals surface area contributed by atoms with Crippen LogP contribution in [-0.2, 0) is 11.3 Å². The lowest BCUT2D eigenvalue weighted by atomic mass is 10.4. The number of hydrogen-bond donors (Lipinski definition) is 2. The van der Waals surface area contributed by atoms with Gasteiger partial charge in [0.2, 0.25) is 0 Å². The van der Waals surface area contributed by atoms with Crippen LogP contribution in [0.15, 0.2) is 10.2 Å². The van der Waals surface area contributed by atoms with Crippen molar-refractivity contribution in [3.63, 3.8) is 0 Å². The van der Waals surface area contributed by atoms with Gasteiger partial charge in [-0.3, -0.25) is 4.79 Å². The maximum absolute atomic E-state index is 11.4. The Morgan fingerprint density at radius 2 is 2.39 bits per heavy atom. The third kappa shape index (κ3) is 2.14. The lowest BCUT2D eigenvalue weighted by molar-refractivity contribution is 0.0595. The molecule has 0 atom stereocenters. The number of carbonyl (C=O) groups is 1. The summed E-state index contributed by atoms with van der Waals surface area (Å²) in [6.45, 7) is 2.09. The molecular weight excluding hydrogens is 256 g/mol. The Kier molecular flexibility index (Phi) is 3.19. The lowest BCUT2D eigenvalue weighted by Gasteiger charge is -2.05. The molecule has 0 fully saturated rings. The predicted molar refractivity (Wildman–Crippen MR) is 66.8 cm³/mol. The van der Waals surface area contributed by atoms with Crippen molar-refractivity contribution in [2.24, 2.45) is 0 Å². The summed E-state index contributed by atoms with van der Waals surface area (Å²) < 4.78 is 6.23. The van der Waals surface area contributed by atoms with Crippen LogP contribution in [0, 0.1) is 6.92 Å². The van der Waals surface area contributed by atoms with Crippen LogP contribution >= 0.6 is 11.3 Å². The maximum atomic E-state index is 11.4. The number of nitrogen functional groups attached to an aromatic ring is 1. The van der Waals surface area contributed by atoms with Gasteiger partial charge in [-0.05, 0) is 6.92 Å². The third-order valence-electron chi connectivity index (χ3n) is 2.48. The molecule has 0 radical (unpaired) electrons. The zero-order chi connectivity index (χ0) is 13.3. The van der Waals surface area contributed by atoms with Crippen molar-refractivity contribution in [1.82, 2.24) is 14.5 Å². The monoisotopic (exact) mass is 268 g/mol. The van der Waals surface area contributed by atoms with Gasteiger partial charge in [0.15, 0.2) is 5.69 Å². The summed E-state index contributed by atoms with van der Waals surface area (Å²) in [6.07, 6.45) is 0. The van der Waals surface area contributed by atoms with Gasteiger partial charge in [-0.25, -0.2) is 9.78 Å². The molecule has 3 N–H and O–H groups in total. The molecule has 0 aliphatic heterocycles. The van der Waals surface area contributed by atoms with E-state index in [0.717, 1.165) is 11.3 Å². The molecule has 0 saturated heterocycles. The van der Waals surface area contributed by atoms with Crippen LogP contribution in [0.1, 0.15) is 22.0 Å². The topological polar surface area (TPSA) is 103 Å². The molecule has 96 valence electrons. The number of nitrogens with zero attached hydrogens (tertiary/aromatic N) is 2. The van der Waals surface area contributed by atoms with Crippen LogP contribution in [0.2, 0.25) is 0 Å². The number of nitrogens with two attached hydrogens (primary N) is 1. The Morgan fingerprint density at radius 3 is 2.94 bits per heavy atom. The molecule has 0 unspecified atom stereocenters. The van der Waals surface area contributed by atoms with Crippen LogP contribution < -0.4 is 10.6 Å². The molecule has 0 saturated carbocycles. The number of aryl methyl sites for hydroxylation is 1. The number of nitrogens with one attached hydrogen (secondary N) is 1. The van der Waals surface area contributed by atoms with Gasteiger partial charge in [0.25, 0.3) is 0 Å². The van der Waals surface area contributed by atoms with E-state index < -0.39 is 5.97 Å². The Labute approximate surface area is 106 Å². The molecule has 18 heavy (non-hydrogen) atoms. The number of aromatic nitrogens is 3. The van der Waals surface area contributed by atoms with E-state index in [0.29, 0.717) is 18.1 Å². The number of imidazole rings is 1. The average Bonchev–Trinajstić information content (AvgIpc) is 2.87. The second kappa shape index (κ2) is 4.65. The summed E-state index contributed by atoms with van der Waals surface area (Å²) in [6, 6.07) is 0. The number of rotatable bonds is 3. The summed E-state index contributed by atoms with van der Waals surface area (Å²) in [5, 5.41) is 1.71. The lowest BCUT2D eigenvalue weighted by Crippen LogP contribution is -2.10. The quantitative estimate of drug-likeness (QED) is 0.782. The van der Waals surface area contributed by atoms with Crippen molar-refractivity contribution in [3.8, 4) is 0 Å². The molecule has 2 heterocycles. The molecule has 2 aromatic heterocycles. The first-order valence-corrected chi connectivity index (χ1v) is 5.98. The van der Waals surface area contributed by atoms with Gasteiger partial charge >= 0.3 is 10.8 Å². The fraction of sp³-hybridized carbons (Fsp3) is 0.300. The first-order valence-electron chi connectivity index (χ1n) is 5.10. The van der Waals surface area contributed by atoms with E-state index in [-0.39, 0.29) is 16.4 Å². The van der Waals surface area contributed by atoms with Crippen LogP contribution in [0.3, 0.4) is 0 Å². The number of anilines is 1. The van der Waals surface area contributed by atoms with E-state index in [4.69, 9.17) is 5.73 Å². The van der Waals surface area contributed by atoms with Gasteiger partial charge in [-0.2, -0.15) is 0 Å². The van der Waals surface area contributed by atoms with Gasteiger partial charge in [0.05, 0.1) is 13.7 Å². The molecule has 2 rings (SSSR count). The second-order valence-electron chi connectivity index (χ2n) is 3.64. The standard InChI is InChI=1S/C10H12N4O3S/c1-5-12-7(9(15)17-2)8(11)14(5)3-6-4-18-10(16)13-6/h4H,3,11H2,1-2H3,(H,13,16). The number of ether oxygens (including phenoxy) is 1. The molecule has 0 aromatic carbocycles. The number of esters is 1. The minimum absolute atomic E-state index is 0.0903. The number of aromatic amines is 1. The number of hydrogen-bond acceptors (Lipinski definition) is 6. The highest BCUT2D eigenvalue weighted by Gasteiger charge is 2.19. The minimum atomic E-state index is -0.576. The molecule has 7 nitrogen and oxygen atoms in total. The van der Waals surface area contributed by atoms with Crippen molar-refractivity contribution < 1.29 is 9.53 Å². The highest BCUT2D eigenvalue weighted by Crippen LogP contribution is 2.16. The van der Waals surface area contributed by atoms with Gasteiger partial charge in [0, 0.05) is 11.1 Å². The third-order valence-corrected chi connectivity index (χ3v) is 3.19. The Bertz CT molecular complexity index is 640. The molecule has 0 bridgehead atoms. The van der Waals surface area contributed by atoms with Gasteiger partial charge in [-0.15, -0.1) is 0 Å². The van der Waals surface area contributed by atoms with E-state index in [1.165, 1.54) is 7.11 Å². The van der Waals surface area contributed by atoms with Gasteiger partial charge in [0.1, 0.15) is 11.6 Å². The Balaban J connectivity index is 2.36. The van der Waals surface area contributed by atoms with Crippen molar-refractivity contribution in [3.05, 3.63) is 32.3 Å². The molecular formula is C10H12N4O3S. The van der Waals surface area contributed by atoms with Crippen molar-refractivity contribution in [2.75, 3.05) is 12.8 Å². The smallest absolute Gasteiger partial charge is 0.360 e. The van der Waals surface area contributed by atoms with E-state index in [1.54, 1.807) is 16.9 Å². The molecule has 8 heteroatoms. The first-order chi connectivity index (χ1) is 8.52. The SMILES string of the molecule is COC(=O)c1nc(C)n(Cc2csc(=O)[nH]2)c1N. The molecule has 0 spiro atoms. The maximum Gasteiger partial charge on any atom is 0.360 e. The van der Waals surface area contributed by atoms with E-state index in [1.807, 2.05) is 0 Å². The van der Waals surface area contributed by atoms with E-state index in [2.05, 4.69) is 14.7 Å². The summed E-state index contributed by atoms with van der Waals surface area (Å²) in [5.74, 6) is 0.236. The number of methoxy groups -OCH3 is 1. The van der Waals surface area contributed by atoms with Crippen LogP contribution in [0.5, 0.6) is 0 Å². The summed E-state index contributed by atoms with van der Waals surface area (Å²) in [7, 11) is 1.27. The first kappa shape index (κ1) is 12.4. The fourth-order valence-corrected chi connectivity index (χ4v) is 2.16. The van der Waals surface area contributed by atoms with E-state index in [9.17, 15) is 9.59 Å². The van der Waals surface area contributed by atoms with Crippen molar-refractivity contribution >= 4 is 23.1 Å². The highest BCUT2D eigenvalue weighted by atomic mass is 32.1. The number of H-pyrrole nitrogens is 1. The number of carbonyl (C=O) groups excluding carboxylic acids is 1. The Morgan fingerprint density at radius 1 is 1.67 bits per heavy atom. The van der Waals surface area contributed by atoms with Crippen LogP contribution in [0.25, 0.3) is 0 Å². The summed E-state index contributed by atoms with van der Waals surface area (Å²) >= 11 is 1.08. The molecule has 0 aliphatic carbocycles. The summed E-state index contributed by atoms with van der Waals surface area (Å²) in [5.41, 5.74) is 6.65. The average molecular weight is 268 g/mol. The van der Waals surface area contributed by atoms with Gasteiger partial charge in [-0.1, -0.05) is 11.3 Å². The normalized spacial score (nSPS) is 10.6. The molecule has 0 amide bonds. The largest absolute Gasteiger partial charge is 0.464 e. The highest BCUT2D eigenvalue weighted by molar-refractivity contribution is 7.07. The predicted octanol–water partition coefficient (Wildman–Crippen LogP) is 0.358. The van der Waals surface area contributed by atoms with Crippen molar-refractivity contribution in [2.45, 2.75) is 13.5 Å². The summed E-state index contributed by atoms with van der Waals surface area (Å²) in [4.78, 5) is 29.1. The fourth-order valence-electron chi connectivity index (χ4n) is 1.59.